The summed E-state index contributed by atoms with van der Waals surface area (Å²) in [5, 5.41) is 6.20. The maximum Gasteiger partial charge on any atom is 0.274 e. The fourth-order valence-electron chi connectivity index (χ4n) is 2.75. The molecule has 0 unspecified atom stereocenters. The van der Waals surface area contributed by atoms with Crippen LogP contribution in [0.1, 0.15) is 29.9 Å². The van der Waals surface area contributed by atoms with E-state index < -0.39 is 0 Å². The second-order valence-corrected chi connectivity index (χ2v) is 5.95. The number of hydrogen-bond acceptors (Lipinski definition) is 4. The zero-order valence-corrected chi connectivity index (χ0v) is 15.5. The lowest BCUT2D eigenvalue weighted by molar-refractivity contribution is 0.102. The van der Waals surface area contributed by atoms with Gasteiger partial charge in [0.05, 0.1) is 24.2 Å². The van der Waals surface area contributed by atoms with Gasteiger partial charge in [-0.25, -0.2) is 4.98 Å². The molecule has 0 aliphatic rings. The molecule has 1 aromatic heterocycles. The van der Waals surface area contributed by atoms with E-state index in [-0.39, 0.29) is 5.91 Å². The van der Waals surface area contributed by atoms with Gasteiger partial charge in [-0.3, -0.25) is 4.79 Å². The number of pyridine rings is 1. The minimum atomic E-state index is -0.275. The third-order valence-electron chi connectivity index (χ3n) is 4.11. The number of aromatic nitrogens is 1. The van der Waals surface area contributed by atoms with Gasteiger partial charge in [0.15, 0.2) is 0 Å². The van der Waals surface area contributed by atoms with Crippen LogP contribution in [-0.2, 0) is 6.42 Å². The molecule has 3 aromatic rings. The molecular weight excluding hydrogens is 338 g/mol. The molecule has 3 rings (SSSR count). The molecule has 5 nitrogen and oxygen atoms in total. The van der Waals surface area contributed by atoms with Gasteiger partial charge < -0.3 is 15.4 Å². The van der Waals surface area contributed by atoms with Crippen molar-refractivity contribution in [1.82, 2.24) is 4.98 Å². The molecule has 0 atom stereocenters. The summed E-state index contributed by atoms with van der Waals surface area (Å²) < 4.78 is 5.54. The Bertz CT molecular complexity index is 907. The Kier molecular flexibility index (Phi) is 6.05. The lowest BCUT2D eigenvalue weighted by Gasteiger charge is -2.12. The van der Waals surface area contributed by atoms with Gasteiger partial charge in [-0.05, 0) is 49.2 Å². The Labute approximate surface area is 159 Å². The molecule has 1 heterocycles. The molecule has 138 valence electrons. The number of carbonyl (C=O) groups excluding carboxylic acids is 1. The molecule has 0 saturated heterocycles. The number of amides is 1. The number of aryl methyl sites for hydroxylation is 1. The average Bonchev–Trinajstić information content (AvgIpc) is 2.70. The first-order chi connectivity index (χ1) is 13.2. The number of hydrogen-bond donors (Lipinski definition) is 2. The van der Waals surface area contributed by atoms with Crippen LogP contribution in [0.25, 0.3) is 0 Å². The van der Waals surface area contributed by atoms with Crippen molar-refractivity contribution in [3.63, 3.8) is 0 Å². The van der Waals surface area contributed by atoms with E-state index in [9.17, 15) is 4.79 Å². The first kappa shape index (κ1) is 18.5. The maximum absolute atomic E-state index is 12.5. The number of nitrogens with one attached hydrogen (secondary N) is 2. The highest BCUT2D eigenvalue weighted by atomic mass is 16.5. The van der Waals surface area contributed by atoms with Crippen molar-refractivity contribution in [3.05, 3.63) is 78.1 Å². The summed E-state index contributed by atoms with van der Waals surface area (Å²) in [6.45, 7) is 4.56. The summed E-state index contributed by atoms with van der Waals surface area (Å²) in [5.74, 6) is 0.366. The minimum absolute atomic E-state index is 0.275. The molecule has 2 N–H and O–H groups in total. The van der Waals surface area contributed by atoms with Crippen LogP contribution < -0.4 is 15.4 Å². The SMILES string of the molecule is CCOc1ccccc1NC(=O)c1ccc(Nc2ccccc2CC)cn1. The highest BCUT2D eigenvalue weighted by molar-refractivity contribution is 6.03. The Morgan fingerprint density at radius 1 is 0.963 bits per heavy atom. The molecule has 0 radical (unpaired) electrons. The van der Waals surface area contributed by atoms with E-state index in [1.807, 2.05) is 49.4 Å². The van der Waals surface area contributed by atoms with Crippen molar-refractivity contribution < 1.29 is 9.53 Å². The summed E-state index contributed by atoms with van der Waals surface area (Å²) >= 11 is 0. The van der Waals surface area contributed by atoms with E-state index >= 15 is 0 Å². The van der Waals surface area contributed by atoms with E-state index in [4.69, 9.17) is 4.74 Å². The van der Waals surface area contributed by atoms with Crippen molar-refractivity contribution >= 4 is 23.0 Å². The molecule has 0 fully saturated rings. The van der Waals surface area contributed by atoms with Crippen LogP contribution in [0.3, 0.4) is 0 Å². The fraction of sp³-hybridized carbons (Fsp3) is 0.182. The van der Waals surface area contributed by atoms with Crippen molar-refractivity contribution in [2.75, 3.05) is 17.2 Å². The maximum atomic E-state index is 12.5. The van der Waals surface area contributed by atoms with Gasteiger partial charge in [0.1, 0.15) is 11.4 Å². The van der Waals surface area contributed by atoms with Crippen molar-refractivity contribution in [2.45, 2.75) is 20.3 Å². The molecule has 2 aromatic carbocycles. The molecule has 5 heteroatoms. The number of ether oxygens (including phenoxy) is 1. The number of carbonyl (C=O) groups is 1. The van der Waals surface area contributed by atoms with Gasteiger partial charge >= 0.3 is 0 Å². The van der Waals surface area contributed by atoms with E-state index in [0.29, 0.717) is 23.7 Å². The highest BCUT2D eigenvalue weighted by Crippen LogP contribution is 2.24. The number of benzene rings is 2. The van der Waals surface area contributed by atoms with Crippen molar-refractivity contribution in [2.24, 2.45) is 0 Å². The third kappa shape index (κ3) is 4.64. The number of nitrogens with zero attached hydrogens (tertiary/aromatic N) is 1. The number of anilines is 3. The van der Waals surface area contributed by atoms with Crippen LogP contribution in [0.15, 0.2) is 66.9 Å². The summed E-state index contributed by atoms with van der Waals surface area (Å²) in [6, 6.07) is 19.0. The molecule has 0 aliphatic heterocycles. The van der Waals surface area contributed by atoms with Crippen LogP contribution in [0.5, 0.6) is 5.75 Å². The summed E-state index contributed by atoms with van der Waals surface area (Å²) in [6.07, 6.45) is 2.60. The van der Waals surface area contributed by atoms with Gasteiger partial charge in [-0.1, -0.05) is 37.3 Å². The van der Waals surface area contributed by atoms with Crippen LogP contribution in [0, 0.1) is 0 Å². The Morgan fingerprint density at radius 3 is 2.41 bits per heavy atom. The van der Waals surface area contributed by atoms with E-state index in [1.54, 1.807) is 18.3 Å². The Hall–Kier alpha value is -3.34. The zero-order chi connectivity index (χ0) is 19.1. The quantitative estimate of drug-likeness (QED) is 0.619. The number of para-hydroxylation sites is 3. The predicted octanol–water partition coefficient (Wildman–Crippen LogP) is 5.04. The predicted molar refractivity (Wildman–Crippen MR) is 109 cm³/mol. The van der Waals surface area contributed by atoms with E-state index in [2.05, 4.69) is 28.6 Å². The van der Waals surface area contributed by atoms with E-state index in [0.717, 1.165) is 17.8 Å². The second-order valence-electron chi connectivity index (χ2n) is 5.95. The summed E-state index contributed by atoms with van der Waals surface area (Å²) in [5.41, 5.74) is 4.08. The Balaban J connectivity index is 1.71. The van der Waals surface area contributed by atoms with Gasteiger partial charge in [0.25, 0.3) is 5.91 Å². The lowest BCUT2D eigenvalue weighted by Crippen LogP contribution is -2.14. The van der Waals surface area contributed by atoms with E-state index in [1.165, 1.54) is 5.56 Å². The molecule has 0 spiro atoms. The normalized spacial score (nSPS) is 10.3. The second kappa shape index (κ2) is 8.85. The topological polar surface area (TPSA) is 63.2 Å². The molecule has 1 amide bonds. The van der Waals surface area contributed by atoms with Crippen LogP contribution >= 0.6 is 0 Å². The molecule has 27 heavy (non-hydrogen) atoms. The minimum Gasteiger partial charge on any atom is -0.492 e. The highest BCUT2D eigenvalue weighted by Gasteiger charge is 2.11. The summed E-state index contributed by atoms with van der Waals surface area (Å²) in [7, 11) is 0. The van der Waals surface area contributed by atoms with Crippen LogP contribution in [0.4, 0.5) is 17.1 Å². The summed E-state index contributed by atoms with van der Waals surface area (Å²) in [4.78, 5) is 16.8. The molecule has 0 bridgehead atoms. The zero-order valence-electron chi connectivity index (χ0n) is 15.5. The Morgan fingerprint density at radius 2 is 1.70 bits per heavy atom. The largest absolute Gasteiger partial charge is 0.492 e. The monoisotopic (exact) mass is 361 g/mol. The molecular formula is C22H23N3O2. The van der Waals surface area contributed by atoms with Crippen molar-refractivity contribution in [1.29, 1.82) is 0 Å². The first-order valence-corrected chi connectivity index (χ1v) is 9.05. The van der Waals surface area contributed by atoms with Gasteiger partial charge in [-0.15, -0.1) is 0 Å². The molecule has 0 saturated carbocycles. The standard InChI is InChI=1S/C22H23N3O2/c1-3-16-9-5-6-10-18(16)24-17-13-14-20(23-15-17)22(26)25-19-11-7-8-12-21(19)27-4-2/h5-15,24H,3-4H2,1-2H3,(H,25,26). The van der Waals surface area contributed by atoms with Gasteiger partial charge in [0.2, 0.25) is 0 Å². The van der Waals surface area contributed by atoms with Crippen molar-refractivity contribution in [3.8, 4) is 5.75 Å². The van der Waals surface area contributed by atoms with Gasteiger partial charge in [0, 0.05) is 5.69 Å². The van der Waals surface area contributed by atoms with Crippen LogP contribution in [-0.4, -0.2) is 17.5 Å². The fourth-order valence-corrected chi connectivity index (χ4v) is 2.75. The molecule has 0 aliphatic carbocycles. The first-order valence-electron chi connectivity index (χ1n) is 9.05. The van der Waals surface area contributed by atoms with Gasteiger partial charge in [-0.2, -0.15) is 0 Å². The smallest absolute Gasteiger partial charge is 0.274 e. The van der Waals surface area contributed by atoms with Crippen LogP contribution in [0.2, 0.25) is 0 Å². The third-order valence-corrected chi connectivity index (χ3v) is 4.11. The average molecular weight is 361 g/mol. The number of rotatable bonds is 7. The lowest BCUT2D eigenvalue weighted by atomic mass is 10.1.